The predicted molar refractivity (Wildman–Crippen MR) is 76.3 cm³/mol. The summed E-state index contributed by atoms with van der Waals surface area (Å²) in [5.74, 6) is 0.597. The van der Waals surface area contributed by atoms with Crippen molar-refractivity contribution in [2.24, 2.45) is 5.73 Å². The van der Waals surface area contributed by atoms with Crippen LogP contribution in [0.25, 0.3) is 0 Å². The van der Waals surface area contributed by atoms with Crippen molar-refractivity contribution in [3.8, 4) is 5.75 Å². The van der Waals surface area contributed by atoms with Crippen molar-refractivity contribution in [1.82, 2.24) is 4.90 Å². The lowest BCUT2D eigenvalue weighted by Gasteiger charge is -2.34. The van der Waals surface area contributed by atoms with Crippen LogP contribution in [-0.2, 0) is 11.3 Å². The number of piperidine rings is 1. The van der Waals surface area contributed by atoms with Gasteiger partial charge in [-0.2, -0.15) is 0 Å². The monoisotopic (exact) mass is 278 g/mol. The average Bonchev–Trinajstić information content (AvgIpc) is 2.53. The van der Waals surface area contributed by atoms with Crippen LogP contribution in [0.4, 0.5) is 0 Å². The summed E-state index contributed by atoms with van der Waals surface area (Å²) in [6.07, 6.45) is 2.93. The number of nitrogens with zero attached hydrogens (tertiary/aromatic N) is 1. The zero-order valence-electron chi connectivity index (χ0n) is 11.6. The molecule has 20 heavy (non-hydrogen) atoms. The van der Waals surface area contributed by atoms with E-state index in [2.05, 4.69) is 0 Å². The topological polar surface area (TPSA) is 75.8 Å². The lowest BCUT2D eigenvalue weighted by Crippen LogP contribution is -2.47. The number of carbonyl (C=O) groups excluding carboxylic acids is 1. The minimum Gasteiger partial charge on any atom is -0.484 e. The Hall–Kier alpha value is -1.59. The van der Waals surface area contributed by atoms with Crippen molar-refractivity contribution in [3.63, 3.8) is 0 Å². The second kappa shape index (κ2) is 7.26. The summed E-state index contributed by atoms with van der Waals surface area (Å²) in [5.41, 5.74) is 6.55. The van der Waals surface area contributed by atoms with E-state index in [9.17, 15) is 9.90 Å². The summed E-state index contributed by atoms with van der Waals surface area (Å²) in [7, 11) is 0. The molecular weight excluding hydrogens is 256 g/mol. The largest absolute Gasteiger partial charge is 0.484 e. The number of amides is 1. The van der Waals surface area contributed by atoms with Crippen LogP contribution in [0.5, 0.6) is 5.75 Å². The van der Waals surface area contributed by atoms with Crippen molar-refractivity contribution in [1.29, 1.82) is 0 Å². The standard InChI is InChI=1S/C15H22N2O3/c16-9-12-4-6-14(7-5-12)20-11-15(19)17-8-2-1-3-13(17)10-18/h4-7,13,18H,1-3,8-11,16H2. The van der Waals surface area contributed by atoms with E-state index in [4.69, 9.17) is 10.5 Å². The van der Waals surface area contributed by atoms with Gasteiger partial charge >= 0.3 is 0 Å². The molecule has 110 valence electrons. The molecule has 1 fully saturated rings. The third-order valence-electron chi connectivity index (χ3n) is 3.68. The molecule has 0 aliphatic carbocycles. The zero-order chi connectivity index (χ0) is 14.4. The first-order valence-electron chi connectivity index (χ1n) is 7.06. The number of ether oxygens (including phenoxy) is 1. The highest BCUT2D eigenvalue weighted by molar-refractivity contribution is 5.78. The lowest BCUT2D eigenvalue weighted by molar-refractivity contribution is -0.138. The van der Waals surface area contributed by atoms with E-state index in [-0.39, 0.29) is 25.2 Å². The van der Waals surface area contributed by atoms with Gasteiger partial charge in [0, 0.05) is 13.1 Å². The molecule has 5 heteroatoms. The molecule has 0 saturated carbocycles. The molecule has 1 aliphatic heterocycles. The molecule has 1 aromatic rings. The van der Waals surface area contributed by atoms with Gasteiger partial charge in [0.1, 0.15) is 5.75 Å². The van der Waals surface area contributed by atoms with Gasteiger partial charge in [-0.1, -0.05) is 12.1 Å². The molecule has 0 aromatic heterocycles. The smallest absolute Gasteiger partial charge is 0.260 e. The van der Waals surface area contributed by atoms with Gasteiger partial charge in [0.05, 0.1) is 12.6 Å². The van der Waals surface area contributed by atoms with Crippen molar-refractivity contribution < 1.29 is 14.6 Å². The van der Waals surface area contributed by atoms with E-state index in [0.717, 1.165) is 24.8 Å². The molecule has 1 unspecified atom stereocenters. The molecular formula is C15H22N2O3. The van der Waals surface area contributed by atoms with E-state index < -0.39 is 0 Å². The van der Waals surface area contributed by atoms with Crippen LogP contribution in [0.2, 0.25) is 0 Å². The van der Waals surface area contributed by atoms with Gasteiger partial charge < -0.3 is 20.5 Å². The van der Waals surface area contributed by atoms with E-state index in [0.29, 0.717) is 18.8 Å². The predicted octanol–water partition coefficient (Wildman–Crippen LogP) is 0.897. The molecule has 0 radical (unpaired) electrons. The molecule has 1 saturated heterocycles. The Labute approximate surface area is 119 Å². The van der Waals surface area contributed by atoms with E-state index in [1.165, 1.54) is 0 Å². The van der Waals surface area contributed by atoms with E-state index in [1.54, 1.807) is 4.90 Å². The number of hydrogen-bond acceptors (Lipinski definition) is 4. The van der Waals surface area contributed by atoms with Gasteiger partial charge in [-0.15, -0.1) is 0 Å². The zero-order valence-corrected chi connectivity index (χ0v) is 11.6. The van der Waals surface area contributed by atoms with Gasteiger partial charge in [-0.3, -0.25) is 4.79 Å². The second-order valence-corrected chi connectivity index (χ2v) is 5.06. The first-order valence-corrected chi connectivity index (χ1v) is 7.06. The summed E-state index contributed by atoms with van der Waals surface area (Å²) in [4.78, 5) is 13.9. The fraction of sp³-hybridized carbons (Fsp3) is 0.533. The average molecular weight is 278 g/mol. The SMILES string of the molecule is NCc1ccc(OCC(=O)N2CCCCC2CO)cc1. The van der Waals surface area contributed by atoms with Crippen molar-refractivity contribution in [2.75, 3.05) is 19.8 Å². The Bertz CT molecular complexity index is 433. The van der Waals surface area contributed by atoms with E-state index >= 15 is 0 Å². The van der Waals surface area contributed by atoms with Gasteiger partial charge in [0.2, 0.25) is 0 Å². The van der Waals surface area contributed by atoms with Crippen LogP contribution in [0.15, 0.2) is 24.3 Å². The third kappa shape index (κ3) is 3.71. The summed E-state index contributed by atoms with van der Waals surface area (Å²) < 4.78 is 5.50. The van der Waals surface area contributed by atoms with Gasteiger partial charge in [-0.05, 0) is 37.0 Å². The minimum absolute atomic E-state index is 0.0124. The minimum atomic E-state index is -0.0633. The summed E-state index contributed by atoms with van der Waals surface area (Å²) in [6, 6.07) is 7.35. The van der Waals surface area contributed by atoms with Gasteiger partial charge in [-0.25, -0.2) is 0 Å². The van der Waals surface area contributed by atoms with Crippen LogP contribution < -0.4 is 10.5 Å². The highest BCUT2D eigenvalue weighted by atomic mass is 16.5. The van der Waals surface area contributed by atoms with Crippen molar-refractivity contribution in [2.45, 2.75) is 31.8 Å². The van der Waals surface area contributed by atoms with Crippen molar-refractivity contribution in [3.05, 3.63) is 29.8 Å². The van der Waals surface area contributed by atoms with E-state index in [1.807, 2.05) is 24.3 Å². The molecule has 1 aliphatic rings. The van der Waals surface area contributed by atoms with Gasteiger partial charge in [0.25, 0.3) is 5.91 Å². The first kappa shape index (κ1) is 14.8. The Kier molecular flexibility index (Phi) is 5.38. The molecule has 1 aromatic carbocycles. The second-order valence-electron chi connectivity index (χ2n) is 5.06. The summed E-state index contributed by atoms with van der Waals surface area (Å²) in [5, 5.41) is 9.31. The molecule has 0 spiro atoms. The van der Waals surface area contributed by atoms with Crippen LogP contribution >= 0.6 is 0 Å². The molecule has 3 N–H and O–H groups in total. The number of hydrogen-bond donors (Lipinski definition) is 2. The summed E-state index contributed by atoms with van der Waals surface area (Å²) >= 11 is 0. The molecule has 1 amide bonds. The molecule has 2 rings (SSSR count). The Morgan fingerprint density at radius 3 is 2.75 bits per heavy atom. The molecule has 1 atom stereocenters. The molecule has 5 nitrogen and oxygen atoms in total. The maximum absolute atomic E-state index is 12.1. The fourth-order valence-electron chi connectivity index (χ4n) is 2.47. The first-order chi connectivity index (χ1) is 9.74. The highest BCUT2D eigenvalue weighted by Crippen LogP contribution is 2.17. The number of benzene rings is 1. The summed E-state index contributed by atoms with van der Waals surface area (Å²) in [6.45, 7) is 1.24. The van der Waals surface area contributed by atoms with Crippen LogP contribution in [0.3, 0.4) is 0 Å². The number of rotatable bonds is 5. The number of nitrogens with two attached hydrogens (primary N) is 1. The highest BCUT2D eigenvalue weighted by Gasteiger charge is 2.26. The Morgan fingerprint density at radius 1 is 1.35 bits per heavy atom. The maximum Gasteiger partial charge on any atom is 0.260 e. The number of aliphatic hydroxyl groups excluding tert-OH is 1. The number of carbonyl (C=O) groups is 1. The van der Waals surface area contributed by atoms with Crippen molar-refractivity contribution >= 4 is 5.91 Å². The number of aliphatic hydroxyl groups is 1. The van der Waals surface area contributed by atoms with Crippen LogP contribution in [0.1, 0.15) is 24.8 Å². The quantitative estimate of drug-likeness (QED) is 0.839. The lowest BCUT2D eigenvalue weighted by atomic mass is 10.0. The third-order valence-corrected chi connectivity index (χ3v) is 3.68. The van der Waals surface area contributed by atoms with Gasteiger partial charge in [0.15, 0.2) is 6.61 Å². The normalized spacial score (nSPS) is 18.9. The van der Waals surface area contributed by atoms with Crippen LogP contribution in [-0.4, -0.2) is 41.7 Å². The fourth-order valence-corrected chi connectivity index (χ4v) is 2.47. The maximum atomic E-state index is 12.1. The Morgan fingerprint density at radius 2 is 2.10 bits per heavy atom. The van der Waals surface area contributed by atoms with Crippen LogP contribution in [0, 0.1) is 0 Å². The molecule has 0 bridgehead atoms. The Balaban J connectivity index is 1.87. The molecule has 1 heterocycles. The number of likely N-dealkylation sites (tertiary alicyclic amines) is 1.